The lowest BCUT2D eigenvalue weighted by atomic mass is 10.7. The van der Waals surface area contributed by atoms with E-state index in [1.807, 2.05) is 0 Å². The summed E-state index contributed by atoms with van der Waals surface area (Å²) in [7, 11) is -11.5. The van der Waals surface area contributed by atoms with Crippen LogP contribution in [0.1, 0.15) is 0 Å². The molecule has 0 fully saturated rings. The summed E-state index contributed by atoms with van der Waals surface area (Å²) in [5.41, 5.74) is 0. The van der Waals surface area contributed by atoms with Crippen LogP contribution < -0.4 is 0 Å². The van der Waals surface area contributed by atoms with Gasteiger partial charge in [0, 0.05) is 18.3 Å². The van der Waals surface area contributed by atoms with Gasteiger partial charge in [-0.3, -0.25) is 0 Å². The van der Waals surface area contributed by atoms with Gasteiger partial charge in [0.1, 0.15) is 0 Å². The van der Waals surface area contributed by atoms with Crippen molar-refractivity contribution in [1.82, 2.24) is 0 Å². The van der Waals surface area contributed by atoms with Crippen LogP contribution in [0, 0.1) is 0 Å². The second kappa shape index (κ2) is 19.5. The molecule has 144 valence electrons. The summed E-state index contributed by atoms with van der Waals surface area (Å²) in [5.74, 6) is 0.481. The molecule has 0 aromatic heterocycles. The second-order valence-electron chi connectivity index (χ2n) is 2.42. The third-order valence-corrected chi connectivity index (χ3v) is 0.838. The number of rotatable bonds is 0. The molecule has 0 unspecified atom stereocenters. The van der Waals surface area contributed by atoms with Crippen molar-refractivity contribution in [2.75, 3.05) is 0 Å². The van der Waals surface area contributed by atoms with E-state index in [1.165, 1.54) is 0 Å². The molecule has 0 radical (unpaired) electrons. The Labute approximate surface area is 144 Å². The van der Waals surface area contributed by atoms with Crippen LogP contribution >= 0.6 is 33.0 Å². The Morgan fingerprint density at radius 1 is 0.423 bits per heavy atom. The van der Waals surface area contributed by atoms with Crippen LogP contribution in [0.2, 0.25) is 0 Å². The van der Waals surface area contributed by atoms with E-state index in [-0.39, 0.29) is 11.6 Å². The molecule has 24 heteroatoms. The minimum atomic E-state index is -2.87. The Kier molecular flexibility index (Phi) is 21.8. The normalized spacial score (nSPS) is 11.7. The Bertz CT molecular complexity index is 519. The minimum Gasteiger partial charge on any atom is -0.134 e. The van der Waals surface area contributed by atoms with Crippen molar-refractivity contribution in [2.45, 2.75) is 0 Å². The maximum atomic E-state index is 8.70. The van der Waals surface area contributed by atoms with Gasteiger partial charge in [0.15, 0.2) is 0 Å². The molecule has 8 N–H and O–H groups in total. The number of hydrogen-bond acceptors (Lipinski definition) is 12. The van der Waals surface area contributed by atoms with Crippen molar-refractivity contribution in [3.8, 4) is 0 Å². The molecule has 0 saturated heterocycles. The van der Waals surface area contributed by atoms with Crippen LogP contribution in [0.25, 0.3) is 0 Å². The third kappa shape index (κ3) is 38.0. The summed E-state index contributed by atoms with van der Waals surface area (Å²) in [6, 6.07) is 0. The van der Waals surface area contributed by atoms with E-state index in [9.17, 15) is 0 Å². The summed E-state index contributed by atoms with van der Waals surface area (Å²) in [4.78, 5) is 57.0. The molecule has 2 aliphatic rings. The Morgan fingerprint density at radius 3 is 0.654 bits per heavy atom. The van der Waals surface area contributed by atoms with Gasteiger partial charge in [-0.25, -0.2) is 0 Å². The van der Waals surface area contributed by atoms with Crippen LogP contribution in [0.3, 0.4) is 0 Å². The molecule has 20 nitrogen and oxygen atoms in total. The van der Waals surface area contributed by atoms with Crippen molar-refractivity contribution < 1.29 is 57.4 Å². The molecule has 0 saturated carbocycles. The second-order valence-corrected chi connectivity index (χ2v) is 4.44. The van der Waals surface area contributed by atoms with Crippen LogP contribution in [-0.4, -0.2) is 39.1 Å². The van der Waals surface area contributed by atoms with E-state index in [0.29, 0.717) is 0 Å². The van der Waals surface area contributed by atoms with Crippen molar-refractivity contribution in [1.29, 1.82) is 0 Å². The first kappa shape index (κ1) is 29.0. The molecule has 0 spiro atoms. The zero-order valence-electron chi connectivity index (χ0n) is 11.6. The highest BCUT2D eigenvalue weighted by Gasteiger charge is 2.10. The Morgan fingerprint density at radius 2 is 0.538 bits per heavy atom. The van der Waals surface area contributed by atoms with Crippen LogP contribution in [-0.2, 0) is 18.3 Å². The fourth-order valence-electron chi connectivity index (χ4n) is 0.468. The molecule has 2 aliphatic heterocycles. The van der Waals surface area contributed by atoms with E-state index in [1.54, 1.807) is 0 Å². The molecule has 0 aromatic carbocycles. The molecule has 0 aromatic rings. The summed E-state index contributed by atoms with van der Waals surface area (Å²) >= 11 is 0. The average molecular weight is 460 g/mol. The van der Waals surface area contributed by atoms with Gasteiger partial charge in [0.25, 0.3) is 0 Å². The van der Waals surface area contributed by atoms with Gasteiger partial charge in [-0.15, -0.1) is 59.6 Å². The first-order valence-electron chi connectivity index (χ1n) is 4.67. The van der Waals surface area contributed by atoms with Gasteiger partial charge < -0.3 is 0 Å². The molecule has 0 amide bonds. The minimum absolute atomic E-state index is 0.241. The summed E-state index contributed by atoms with van der Waals surface area (Å²) in [6.07, 6.45) is 0. The van der Waals surface area contributed by atoms with Gasteiger partial charge >= 0.3 is 33.0 Å². The van der Waals surface area contributed by atoms with Crippen LogP contribution in [0.5, 0.6) is 0 Å². The zero-order valence-corrected chi connectivity index (χ0v) is 15.2. The quantitative estimate of drug-likeness (QED) is 0.226. The molecular formula is C2H8N8O12P4+4. The van der Waals surface area contributed by atoms with Gasteiger partial charge in [0.05, 0.1) is 0 Å². The van der Waals surface area contributed by atoms with E-state index in [0.717, 1.165) is 0 Å². The predicted molar refractivity (Wildman–Crippen MR) is 74.6 cm³/mol. The van der Waals surface area contributed by atoms with E-state index in [4.69, 9.17) is 57.4 Å². The van der Waals surface area contributed by atoms with Crippen molar-refractivity contribution in [3.63, 3.8) is 0 Å². The molecule has 26 heavy (non-hydrogen) atoms. The van der Waals surface area contributed by atoms with Crippen molar-refractivity contribution in [3.05, 3.63) is 11.6 Å². The largest absolute Gasteiger partial charge is 0.692 e. The molecule has 0 atom stereocenters. The fraction of sp³-hybridized carbons (Fsp3) is 0. The van der Waals surface area contributed by atoms with Gasteiger partial charge in [0.2, 0.25) is 11.6 Å². The maximum Gasteiger partial charge on any atom is 0.692 e. The summed E-state index contributed by atoms with van der Waals surface area (Å²) in [5, 5.41) is 26.9. The Balaban J connectivity index is -0.000000284. The molecule has 2 heterocycles. The smallest absolute Gasteiger partial charge is 0.134 e. The SMILES string of the molecule is N1=NC(=C2N=NN=N2)N=N1.O=[P+](O)O.O=[P+](O)O.O=[P+](O)O.O=[P+](O)O. The topological polar surface area (TPSA) is 329 Å². The van der Waals surface area contributed by atoms with Crippen molar-refractivity contribution in [2.24, 2.45) is 41.4 Å². The number of nitrogens with zero attached hydrogens (tertiary/aromatic N) is 8. The van der Waals surface area contributed by atoms with Crippen molar-refractivity contribution >= 4 is 33.0 Å². The fourth-order valence-corrected chi connectivity index (χ4v) is 0.468. The van der Waals surface area contributed by atoms with Gasteiger partial charge in [-0.1, -0.05) is 0 Å². The lowest BCUT2D eigenvalue weighted by Crippen LogP contribution is -1.71. The van der Waals surface area contributed by atoms with Crippen LogP contribution in [0.4, 0.5) is 0 Å². The first-order chi connectivity index (χ1) is 11.9. The Hall–Kier alpha value is -1.78. The maximum absolute atomic E-state index is 8.70. The third-order valence-electron chi connectivity index (χ3n) is 0.838. The monoisotopic (exact) mass is 460 g/mol. The van der Waals surface area contributed by atoms with Gasteiger partial charge in [-0.2, -0.15) is 0 Å². The molecule has 2 rings (SSSR count). The lowest BCUT2D eigenvalue weighted by Gasteiger charge is -1.79. The molecular weight excluding hydrogens is 452 g/mol. The highest BCUT2D eigenvalue weighted by molar-refractivity contribution is 7.31. The highest BCUT2D eigenvalue weighted by Crippen LogP contribution is 2.20. The standard InChI is InChI=1S/C2N8.4HO3P/c3-1(4-8-7-3)2-5-9-10-6-2;4*1-4(2)3/h;4*(H-,1,2,3)/p+4. The average Bonchev–Trinajstić information content (AvgIpc) is 3.10. The predicted octanol–water partition coefficient (Wildman–Crippen LogP) is 0.293. The number of hydrogen-bond donors (Lipinski definition) is 8. The lowest BCUT2D eigenvalue weighted by molar-refractivity contribution is 0.403. The van der Waals surface area contributed by atoms with E-state index < -0.39 is 33.0 Å². The zero-order chi connectivity index (χ0) is 21.1. The summed E-state index contributed by atoms with van der Waals surface area (Å²) < 4.78 is 34.8. The first-order valence-corrected chi connectivity index (χ1v) is 9.34. The van der Waals surface area contributed by atoms with Crippen LogP contribution in [0.15, 0.2) is 53.0 Å². The molecule has 0 bridgehead atoms. The highest BCUT2D eigenvalue weighted by atomic mass is 31.1. The molecule has 0 aliphatic carbocycles. The summed E-state index contributed by atoms with van der Waals surface area (Å²) in [6.45, 7) is 0. The van der Waals surface area contributed by atoms with E-state index in [2.05, 4.69) is 41.4 Å². The van der Waals surface area contributed by atoms with E-state index >= 15 is 0 Å². The van der Waals surface area contributed by atoms with Gasteiger partial charge in [-0.05, 0) is 20.9 Å².